The summed E-state index contributed by atoms with van der Waals surface area (Å²) in [6, 6.07) is 16.6. The SMILES string of the molecule is O=C1CCc2ccccc2-c2ccccc2C1. The predicted molar refractivity (Wildman–Crippen MR) is 68.9 cm³/mol. The summed E-state index contributed by atoms with van der Waals surface area (Å²) in [7, 11) is 0. The van der Waals surface area contributed by atoms with E-state index < -0.39 is 0 Å². The lowest BCUT2D eigenvalue weighted by Crippen LogP contribution is -2.09. The van der Waals surface area contributed by atoms with E-state index in [-0.39, 0.29) is 0 Å². The molecule has 0 aromatic heterocycles. The Morgan fingerprint density at radius 3 is 2.06 bits per heavy atom. The van der Waals surface area contributed by atoms with E-state index >= 15 is 0 Å². The Morgan fingerprint density at radius 2 is 1.29 bits per heavy atom. The van der Waals surface area contributed by atoms with E-state index in [0.29, 0.717) is 18.6 Å². The molecule has 3 rings (SSSR count). The summed E-state index contributed by atoms with van der Waals surface area (Å²) in [5.74, 6) is 0.340. The Morgan fingerprint density at radius 1 is 0.706 bits per heavy atom. The molecule has 2 aromatic carbocycles. The van der Waals surface area contributed by atoms with Crippen molar-refractivity contribution in [2.45, 2.75) is 19.3 Å². The first-order valence-corrected chi connectivity index (χ1v) is 6.02. The van der Waals surface area contributed by atoms with Gasteiger partial charge in [-0.25, -0.2) is 0 Å². The van der Waals surface area contributed by atoms with E-state index in [0.717, 1.165) is 12.0 Å². The van der Waals surface area contributed by atoms with Crippen LogP contribution in [-0.2, 0) is 17.6 Å². The number of rotatable bonds is 0. The van der Waals surface area contributed by atoms with E-state index in [4.69, 9.17) is 0 Å². The molecule has 1 heteroatoms. The Bertz CT molecular complexity index is 569. The van der Waals surface area contributed by atoms with Crippen molar-refractivity contribution in [3.05, 3.63) is 59.7 Å². The van der Waals surface area contributed by atoms with Gasteiger partial charge in [0, 0.05) is 12.8 Å². The van der Waals surface area contributed by atoms with Crippen LogP contribution in [0.4, 0.5) is 0 Å². The molecule has 0 aliphatic heterocycles. The number of aryl methyl sites for hydroxylation is 1. The van der Waals surface area contributed by atoms with Gasteiger partial charge in [0.15, 0.2) is 0 Å². The first kappa shape index (κ1) is 10.3. The molecule has 0 radical (unpaired) electrons. The molecule has 0 spiro atoms. The molecule has 84 valence electrons. The maximum absolute atomic E-state index is 11.8. The second kappa shape index (κ2) is 4.17. The van der Waals surface area contributed by atoms with Gasteiger partial charge >= 0.3 is 0 Å². The van der Waals surface area contributed by atoms with Gasteiger partial charge in [-0.1, -0.05) is 48.5 Å². The van der Waals surface area contributed by atoms with Gasteiger partial charge < -0.3 is 0 Å². The minimum atomic E-state index is 0.340. The average Bonchev–Trinajstić information content (AvgIpc) is 2.36. The number of hydrogen-bond donors (Lipinski definition) is 0. The smallest absolute Gasteiger partial charge is 0.137 e. The van der Waals surface area contributed by atoms with E-state index in [1.807, 2.05) is 18.2 Å². The molecule has 17 heavy (non-hydrogen) atoms. The van der Waals surface area contributed by atoms with Crippen LogP contribution in [0.5, 0.6) is 0 Å². The van der Waals surface area contributed by atoms with Crippen LogP contribution in [0, 0.1) is 0 Å². The molecule has 0 saturated heterocycles. The van der Waals surface area contributed by atoms with Crippen LogP contribution >= 0.6 is 0 Å². The number of hydrogen-bond acceptors (Lipinski definition) is 1. The van der Waals surface area contributed by atoms with E-state index in [9.17, 15) is 4.79 Å². The molecule has 0 N–H and O–H groups in total. The molecule has 0 amide bonds. The minimum absolute atomic E-state index is 0.340. The molecule has 1 nitrogen and oxygen atoms in total. The van der Waals surface area contributed by atoms with Gasteiger partial charge in [-0.05, 0) is 28.7 Å². The van der Waals surface area contributed by atoms with Gasteiger partial charge in [0.1, 0.15) is 5.78 Å². The summed E-state index contributed by atoms with van der Waals surface area (Å²) in [6.07, 6.45) is 2.10. The molecular weight excluding hydrogens is 208 g/mol. The van der Waals surface area contributed by atoms with Crippen LogP contribution in [0.25, 0.3) is 11.1 Å². The molecule has 1 aliphatic carbocycles. The highest BCUT2D eigenvalue weighted by molar-refractivity contribution is 5.86. The number of carbonyl (C=O) groups excluding carboxylic acids is 1. The maximum Gasteiger partial charge on any atom is 0.137 e. The molecular formula is C16H14O. The third-order valence-electron chi connectivity index (χ3n) is 3.39. The van der Waals surface area contributed by atoms with Crippen LogP contribution in [0.1, 0.15) is 17.5 Å². The highest BCUT2D eigenvalue weighted by Gasteiger charge is 2.15. The normalized spacial score (nSPS) is 14.5. The van der Waals surface area contributed by atoms with Crippen LogP contribution in [0.2, 0.25) is 0 Å². The second-order valence-electron chi connectivity index (χ2n) is 4.53. The third kappa shape index (κ3) is 1.89. The number of carbonyl (C=O) groups is 1. The maximum atomic E-state index is 11.8. The summed E-state index contributed by atoms with van der Waals surface area (Å²) in [4.78, 5) is 11.8. The van der Waals surface area contributed by atoms with Crippen molar-refractivity contribution in [2.75, 3.05) is 0 Å². The molecule has 0 bridgehead atoms. The monoisotopic (exact) mass is 222 g/mol. The van der Waals surface area contributed by atoms with Gasteiger partial charge in [-0.3, -0.25) is 4.79 Å². The van der Waals surface area contributed by atoms with Gasteiger partial charge in [-0.2, -0.15) is 0 Å². The zero-order valence-electron chi connectivity index (χ0n) is 9.65. The van der Waals surface area contributed by atoms with Crippen molar-refractivity contribution in [3.63, 3.8) is 0 Å². The van der Waals surface area contributed by atoms with Gasteiger partial charge in [0.05, 0.1) is 0 Å². The number of fused-ring (bicyclic) bond motifs is 3. The van der Waals surface area contributed by atoms with Crippen LogP contribution in [0.3, 0.4) is 0 Å². The van der Waals surface area contributed by atoms with Crippen molar-refractivity contribution >= 4 is 5.78 Å². The Labute approximate surface area is 101 Å². The second-order valence-corrected chi connectivity index (χ2v) is 4.53. The van der Waals surface area contributed by atoms with Crippen molar-refractivity contribution < 1.29 is 4.79 Å². The molecule has 2 aromatic rings. The van der Waals surface area contributed by atoms with Crippen molar-refractivity contribution in [1.29, 1.82) is 0 Å². The molecule has 1 aliphatic rings. The fourth-order valence-electron chi connectivity index (χ4n) is 2.51. The number of Topliss-reactive ketones (excluding diaryl/α,β-unsaturated/α-hetero) is 1. The van der Waals surface area contributed by atoms with Crippen LogP contribution in [-0.4, -0.2) is 5.78 Å². The quantitative estimate of drug-likeness (QED) is 0.667. The van der Waals surface area contributed by atoms with Gasteiger partial charge in [0.2, 0.25) is 0 Å². The Balaban J connectivity index is 2.24. The molecule has 0 fully saturated rings. The Kier molecular flexibility index (Phi) is 2.52. The fourth-order valence-corrected chi connectivity index (χ4v) is 2.51. The summed E-state index contributed by atoms with van der Waals surface area (Å²) in [5, 5.41) is 0. The predicted octanol–water partition coefficient (Wildman–Crippen LogP) is 3.41. The largest absolute Gasteiger partial charge is 0.299 e. The summed E-state index contributed by atoms with van der Waals surface area (Å²) in [5.41, 5.74) is 4.95. The first-order chi connectivity index (χ1) is 8.34. The zero-order valence-corrected chi connectivity index (χ0v) is 9.65. The van der Waals surface area contributed by atoms with E-state index in [1.165, 1.54) is 16.7 Å². The minimum Gasteiger partial charge on any atom is -0.299 e. The highest BCUT2D eigenvalue weighted by Crippen LogP contribution is 2.30. The topological polar surface area (TPSA) is 17.1 Å². The summed E-state index contributed by atoms with van der Waals surface area (Å²) >= 11 is 0. The lowest BCUT2D eigenvalue weighted by Gasteiger charge is -2.16. The van der Waals surface area contributed by atoms with E-state index in [1.54, 1.807) is 0 Å². The lowest BCUT2D eigenvalue weighted by molar-refractivity contribution is -0.118. The summed E-state index contributed by atoms with van der Waals surface area (Å²) < 4.78 is 0. The molecule has 0 unspecified atom stereocenters. The van der Waals surface area contributed by atoms with Crippen molar-refractivity contribution in [3.8, 4) is 11.1 Å². The van der Waals surface area contributed by atoms with Gasteiger partial charge in [0.25, 0.3) is 0 Å². The average molecular weight is 222 g/mol. The van der Waals surface area contributed by atoms with E-state index in [2.05, 4.69) is 30.3 Å². The Hall–Kier alpha value is -1.89. The zero-order chi connectivity index (χ0) is 11.7. The lowest BCUT2D eigenvalue weighted by atomic mass is 9.87. The van der Waals surface area contributed by atoms with Crippen molar-refractivity contribution in [2.24, 2.45) is 0 Å². The first-order valence-electron chi connectivity index (χ1n) is 6.02. The van der Waals surface area contributed by atoms with Crippen molar-refractivity contribution in [1.82, 2.24) is 0 Å². The molecule has 0 atom stereocenters. The number of ketones is 1. The third-order valence-corrected chi connectivity index (χ3v) is 3.39. The highest BCUT2D eigenvalue weighted by atomic mass is 16.1. The standard InChI is InChI=1S/C16H14O/c17-14-10-9-12-5-1-3-7-15(12)16-8-4-2-6-13(16)11-14/h1-8H,9-11H2. The molecule has 0 heterocycles. The molecule has 0 saturated carbocycles. The van der Waals surface area contributed by atoms with Gasteiger partial charge in [-0.15, -0.1) is 0 Å². The number of benzene rings is 2. The van der Waals surface area contributed by atoms with Crippen LogP contribution < -0.4 is 0 Å². The van der Waals surface area contributed by atoms with Crippen LogP contribution in [0.15, 0.2) is 48.5 Å². The fraction of sp³-hybridized carbons (Fsp3) is 0.188. The summed E-state index contributed by atoms with van der Waals surface area (Å²) in [6.45, 7) is 0.